The minimum atomic E-state index is -1.93. The zero-order valence-corrected chi connectivity index (χ0v) is 7.50. The Morgan fingerprint density at radius 2 is 2.11 bits per heavy atom. The fraction of sp³-hybridized carbons (Fsp3) is 1.00. The van der Waals surface area contributed by atoms with Crippen LogP contribution >= 0.6 is 0 Å². The highest BCUT2D eigenvalue weighted by atomic mass is 28.2. The van der Waals surface area contributed by atoms with Crippen molar-refractivity contribution in [2.45, 2.75) is 18.8 Å². The summed E-state index contributed by atoms with van der Waals surface area (Å²) in [6.07, 6.45) is 0.752. The molecule has 0 unspecified atom stereocenters. The molecule has 0 amide bonds. The van der Waals surface area contributed by atoms with Gasteiger partial charge in [0.15, 0.2) is 10.5 Å². The SMILES string of the molecule is NCCCC(O)(O)O[SiH3]. The Morgan fingerprint density at radius 1 is 1.56 bits per heavy atom. The summed E-state index contributed by atoms with van der Waals surface area (Å²) in [5.41, 5.74) is 5.12. The number of aliphatic hydroxyl groups is 2. The Labute approximate surface area is 57.2 Å². The second-order valence-electron chi connectivity index (χ2n) is 1.84. The highest BCUT2D eigenvalue weighted by Gasteiger charge is 2.19. The van der Waals surface area contributed by atoms with Crippen LogP contribution in [0.3, 0.4) is 0 Å². The Morgan fingerprint density at radius 3 is 2.44 bits per heavy atom. The van der Waals surface area contributed by atoms with Crippen molar-refractivity contribution in [1.82, 2.24) is 0 Å². The van der Waals surface area contributed by atoms with Crippen LogP contribution in [0.4, 0.5) is 0 Å². The van der Waals surface area contributed by atoms with Crippen molar-refractivity contribution in [1.29, 1.82) is 0 Å². The molecular weight excluding hydrogens is 138 g/mol. The molecule has 0 radical (unpaired) electrons. The second kappa shape index (κ2) is 3.97. The monoisotopic (exact) mass is 151 g/mol. The molecule has 9 heavy (non-hydrogen) atoms. The largest absolute Gasteiger partial charge is 0.381 e. The van der Waals surface area contributed by atoms with Crippen molar-refractivity contribution >= 4 is 10.5 Å². The summed E-state index contributed by atoms with van der Waals surface area (Å²) in [7, 11) is 0.323. The molecule has 0 spiro atoms. The van der Waals surface area contributed by atoms with Gasteiger partial charge in [-0.05, 0) is 13.0 Å². The molecule has 0 rings (SSSR count). The van der Waals surface area contributed by atoms with Crippen LogP contribution in [0.1, 0.15) is 12.8 Å². The molecule has 0 saturated heterocycles. The average molecular weight is 151 g/mol. The summed E-state index contributed by atoms with van der Waals surface area (Å²) in [5.74, 6) is -1.93. The molecule has 0 fully saturated rings. The van der Waals surface area contributed by atoms with E-state index in [1.54, 1.807) is 0 Å². The third-order valence-corrected chi connectivity index (χ3v) is 1.69. The van der Waals surface area contributed by atoms with E-state index in [4.69, 9.17) is 15.9 Å². The van der Waals surface area contributed by atoms with Crippen LogP contribution in [-0.4, -0.2) is 33.2 Å². The number of hydrogen-bond acceptors (Lipinski definition) is 4. The topological polar surface area (TPSA) is 75.7 Å². The summed E-state index contributed by atoms with van der Waals surface area (Å²) < 4.78 is 4.43. The van der Waals surface area contributed by atoms with E-state index < -0.39 is 5.97 Å². The van der Waals surface area contributed by atoms with Crippen molar-refractivity contribution in [3.8, 4) is 0 Å². The molecule has 0 atom stereocenters. The van der Waals surface area contributed by atoms with Gasteiger partial charge in [0.1, 0.15) is 0 Å². The maximum Gasteiger partial charge on any atom is 0.267 e. The minimum absolute atomic E-state index is 0.188. The molecule has 5 heteroatoms. The Hall–Kier alpha value is 0.0569. The third-order valence-electron chi connectivity index (χ3n) is 1.03. The van der Waals surface area contributed by atoms with Gasteiger partial charge in [-0.3, -0.25) is 0 Å². The van der Waals surface area contributed by atoms with Crippen molar-refractivity contribution in [3.05, 3.63) is 0 Å². The van der Waals surface area contributed by atoms with Crippen LogP contribution in [0.15, 0.2) is 0 Å². The van der Waals surface area contributed by atoms with Gasteiger partial charge in [0.2, 0.25) is 0 Å². The first-order chi connectivity index (χ1) is 4.12. The van der Waals surface area contributed by atoms with E-state index in [-0.39, 0.29) is 6.42 Å². The van der Waals surface area contributed by atoms with E-state index in [9.17, 15) is 0 Å². The smallest absolute Gasteiger partial charge is 0.267 e. The zero-order chi connectivity index (χ0) is 7.33. The molecule has 56 valence electrons. The van der Waals surface area contributed by atoms with Crippen molar-refractivity contribution in [2.75, 3.05) is 6.54 Å². The lowest BCUT2D eigenvalue weighted by molar-refractivity contribution is -0.294. The maximum atomic E-state index is 8.77. The zero-order valence-electron chi connectivity index (χ0n) is 5.50. The molecule has 4 N–H and O–H groups in total. The van der Waals surface area contributed by atoms with Gasteiger partial charge >= 0.3 is 0 Å². The molecular formula is C4H13NO3Si. The van der Waals surface area contributed by atoms with Crippen molar-refractivity contribution in [3.63, 3.8) is 0 Å². The van der Waals surface area contributed by atoms with Crippen LogP contribution in [0.5, 0.6) is 0 Å². The molecule has 0 aromatic carbocycles. The number of nitrogens with two attached hydrogens (primary N) is 1. The predicted octanol–water partition coefficient (Wildman–Crippen LogP) is -2.34. The van der Waals surface area contributed by atoms with Gasteiger partial charge in [-0.25, -0.2) is 0 Å². The molecule has 4 nitrogen and oxygen atoms in total. The van der Waals surface area contributed by atoms with E-state index in [1.165, 1.54) is 0 Å². The predicted molar refractivity (Wildman–Crippen MR) is 36.5 cm³/mol. The van der Waals surface area contributed by atoms with Crippen LogP contribution in [-0.2, 0) is 4.43 Å². The van der Waals surface area contributed by atoms with Gasteiger partial charge in [0, 0.05) is 6.42 Å². The molecule has 0 heterocycles. The van der Waals surface area contributed by atoms with Gasteiger partial charge in [0.05, 0.1) is 0 Å². The van der Waals surface area contributed by atoms with E-state index in [0.717, 1.165) is 0 Å². The van der Waals surface area contributed by atoms with Crippen molar-refractivity contribution < 1.29 is 14.6 Å². The molecule has 0 aliphatic heterocycles. The van der Waals surface area contributed by atoms with Gasteiger partial charge in [-0.2, -0.15) is 0 Å². The summed E-state index contributed by atoms with van der Waals surface area (Å²) >= 11 is 0. The molecule has 0 saturated carbocycles. The van der Waals surface area contributed by atoms with Crippen LogP contribution in [0.2, 0.25) is 0 Å². The van der Waals surface area contributed by atoms with Crippen LogP contribution in [0.25, 0.3) is 0 Å². The van der Waals surface area contributed by atoms with E-state index >= 15 is 0 Å². The maximum absolute atomic E-state index is 8.77. The molecule has 0 aromatic heterocycles. The quantitative estimate of drug-likeness (QED) is 0.311. The summed E-state index contributed by atoms with van der Waals surface area (Å²) in [6, 6.07) is 0. The lowest BCUT2D eigenvalue weighted by Crippen LogP contribution is -2.31. The summed E-state index contributed by atoms with van der Waals surface area (Å²) in [4.78, 5) is 0. The number of rotatable bonds is 4. The van der Waals surface area contributed by atoms with Crippen LogP contribution < -0.4 is 5.73 Å². The lowest BCUT2D eigenvalue weighted by Gasteiger charge is -2.18. The van der Waals surface area contributed by atoms with Gasteiger partial charge in [-0.1, -0.05) is 0 Å². The number of hydrogen-bond donors (Lipinski definition) is 3. The molecule has 0 bridgehead atoms. The normalized spacial score (nSPS) is 12.3. The van der Waals surface area contributed by atoms with E-state index in [0.29, 0.717) is 23.5 Å². The Bertz CT molecular complexity index is 78.2. The molecule has 0 aliphatic rings. The molecule has 0 aliphatic carbocycles. The summed E-state index contributed by atoms with van der Waals surface area (Å²) in [5, 5.41) is 17.5. The van der Waals surface area contributed by atoms with E-state index in [1.807, 2.05) is 0 Å². The highest BCUT2D eigenvalue weighted by Crippen LogP contribution is 2.06. The lowest BCUT2D eigenvalue weighted by atomic mass is 10.3. The van der Waals surface area contributed by atoms with Gasteiger partial charge < -0.3 is 20.4 Å². The third kappa shape index (κ3) is 4.55. The highest BCUT2D eigenvalue weighted by molar-refractivity contribution is 5.98. The fourth-order valence-electron chi connectivity index (χ4n) is 0.434. The van der Waals surface area contributed by atoms with E-state index in [2.05, 4.69) is 4.43 Å². The standard InChI is InChI=1S/C4H13NO3Si/c5-3-1-2-4(6,7)8-9/h6-7H,1-3,5H2,9H3. The van der Waals surface area contributed by atoms with Crippen LogP contribution in [0, 0.1) is 0 Å². The second-order valence-corrected chi connectivity index (χ2v) is 2.25. The first-order valence-corrected chi connectivity index (χ1v) is 3.64. The van der Waals surface area contributed by atoms with Gasteiger partial charge in [-0.15, -0.1) is 0 Å². The summed E-state index contributed by atoms with van der Waals surface area (Å²) in [6.45, 7) is 0.452. The fourth-order valence-corrected chi connectivity index (χ4v) is 0.639. The Kier molecular flexibility index (Phi) is 3.99. The first kappa shape index (κ1) is 9.06. The molecule has 0 aromatic rings. The van der Waals surface area contributed by atoms with Crippen molar-refractivity contribution in [2.24, 2.45) is 5.73 Å². The minimum Gasteiger partial charge on any atom is -0.381 e. The van der Waals surface area contributed by atoms with Gasteiger partial charge in [0.25, 0.3) is 5.97 Å². The Balaban J connectivity index is 3.33. The average Bonchev–Trinajstić information content (AvgIpc) is 1.84. The first-order valence-electron chi connectivity index (χ1n) is 2.82.